The summed E-state index contributed by atoms with van der Waals surface area (Å²) in [5, 5.41) is 3.33. The van der Waals surface area contributed by atoms with E-state index in [-0.39, 0.29) is 0 Å². The Kier molecular flexibility index (Phi) is 3.67. The fraction of sp³-hybridized carbons (Fsp3) is 0.538. The van der Waals surface area contributed by atoms with Crippen LogP contribution in [0.1, 0.15) is 13.3 Å². The van der Waals surface area contributed by atoms with Gasteiger partial charge in [-0.15, -0.1) is 0 Å². The van der Waals surface area contributed by atoms with Gasteiger partial charge in [-0.25, -0.2) is 0 Å². The van der Waals surface area contributed by atoms with Crippen LogP contribution in [0.4, 0.5) is 5.69 Å². The van der Waals surface area contributed by atoms with Gasteiger partial charge >= 0.3 is 0 Å². The van der Waals surface area contributed by atoms with Gasteiger partial charge in [0.2, 0.25) is 0 Å². The lowest BCUT2D eigenvalue weighted by atomic mass is 10.2. The molecular weight excluding hydrogens is 200 g/mol. The fourth-order valence-corrected chi connectivity index (χ4v) is 2.21. The molecule has 3 nitrogen and oxygen atoms in total. The zero-order valence-electron chi connectivity index (χ0n) is 10.1. The Hall–Kier alpha value is -1.22. The molecule has 1 fully saturated rings. The van der Waals surface area contributed by atoms with Gasteiger partial charge in [0, 0.05) is 19.1 Å². The fourth-order valence-electron chi connectivity index (χ4n) is 2.21. The third-order valence-corrected chi connectivity index (χ3v) is 3.10. The van der Waals surface area contributed by atoms with Crippen LogP contribution >= 0.6 is 0 Å². The molecule has 0 aromatic heterocycles. The lowest BCUT2D eigenvalue weighted by Gasteiger charge is -2.21. The van der Waals surface area contributed by atoms with Crippen molar-refractivity contribution in [2.45, 2.75) is 19.4 Å². The second-order valence-corrected chi connectivity index (χ2v) is 4.12. The van der Waals surface area contributed by atoms with Crippen molar-refractivity contribution in [3.05, 3.63) is 24.3 Å². The number of rotatable bonds is 4. The van der Waals surface area contributed by atoms with Crippen molar-refractivity contribution < 1.29 is 4.74 Å². The van der Waals surface area contributed by atoms with Crippen LogP contribution in [-0.2, 0) is 0 Å². The van der Waals surface area contributed by atoms with Gasteiger partial charge in [0.1, 0.15) is 5.75 Å². The summed E-state index contributed by atoms with van der Waals surface area (Å²) < 4.78 is 5.66. The van der Waals surface area contributed by atoms with Crippen LogP contribution in [0, 0.1) is 0 Å². The van der Waals surface area contributed by atoms with Gasteiger partial charge in [0.25, 0.3) is 0 Å². The molecule has 1 aromatic carbocycles. The molecule has 1 atom stereocenters. The Labute approximate surface area is 97.4 Å². The molecule has 3 heteroatoms. The Morgan fingerprint density at radius 3 is 2.94 bits per heavy atom. The standard InChI is InChI=1S/C13H20N2O/c1-3-16-13-7-5-4-6-12(13)15-9-8-11(10-15)14-2/h4-7,11,14H,3,8-10H2,1-2H3. The van der Waals surface area contributed by atoms with Crippen molar-refractivity contribution in [3.8, 4) is 5.75 Å². The van der Waals surface area contributed by atoms with E-state index in [0.29, 0.717) is 6.04 Å². The van der Waals surface area contributed by atoms with Crippen molar-refractivity contribution in [2.24, 2.45) is 0 Å². The zero-order valence-corrected chi connectivity index (χ0v) is 10.1. The summed E-state index contributed by atoms with van der Waals surface area (Å²) >= 11 is 0. The van der Waals surface area contributed by atoms with E-state index in [9.17, 15) is 0 Å². The third-order valence-electron chi connectivity index (χ3n) is 3.10. The predicted molar refractivity (Wildman–Crippen MR) is 67.3 cm³/mol. The predicted octanol–water partition coefficient (Wildman–Crippen LogP) is 1.88. The highest BCUT2D eigenvalue weighted by Crippen LogP contribution is 2.30. The number of hydrogen-bond donors (Lipinski definition) is 1. The summed E-state index contributed by atoms with van der Waals surface area (Å²) in [7, 11) is 2.03. The molecule has 0 radical (unpaired) electrons. The van der Waals surface area contributed by atoms with Gasteiger partial charge in [-0.1, -0.05) is 12.1 Å². The molecule has 1 heterocycles. The molecule has 16 heavy (non-hydrogen) atoms. The number of para-hydroxylation sites is 2. The smallest absolute Gasteiger partial charge is 0.142 e. The molecule has 1 unspecified atom stereocenters. The van der Waals surface area contributed by atoms with E-state index in [2.05, 4.69) is 22.3 Å². The highest BCUT2D eigenvalue weighted by atomic mass is 16.5. The molecule has 1 N–H and O–H groups in total. The topological polar surface area (TPSA) is 24.5 Å². The number of likely N-dealkylation sites (N-methyl/N-ethyl adjacent to an activating group) is 1. The quantitative estimate of drug-likeness (QED) is 0.838. The van der Waals surface area contributed by atoms with Crippen molar-refractivity contribution in [1.82, 2.24) is 5.32 Å². The third kappa shape index (κ3) is 2.30. The van der Waals surface area contributed by atoms with E-state index in [0.717, 1.165) is 25.4 Å². The molecule has 1 aliphatic heterocycles. The lowest BCUT2D eigenvalue weighted by Crippen LogP contribution is -2.29. The van der Waals surface area contributed by atoms with Crippen LogP contribution in [0.5, 0.6) is 5.75 Å². The van der Waals surface area contributed by atoms with E-state index in [1.165, 1.54) is 12.1 Å². The average molecular weight is 220 g/mol. The van der Waals surface area contributed by atoms with Gasteiger partial charge in [-0.3, -0.25) is 0 Å². The first-order valence-corrected chi connectivity index (χ1v) is 5.99. The molecule has 0 bridgehead atoms. The minimum atomic E-state index is 0.606. The minimum Gasteiger partial charge on any atom is -0.492 e. The Balaban J connectivity index is 2.14. The maximum absolute atomic E-state index is 5.66. The van der Waals surface area contributed by atoms with Crippen LogP contribution in [0.25, 0.3) is 0 Å². The monoisotopic (exact) mass is 220 g/mol. The number of hydrogen-bond acceptors (Lipinski definition) is 3. The second kappa shape index (κ2) is 5.21. The van der Waals surface area contributed by atoms with Gasteiger partial charge < -0.3 is 15.0 Å². The number of anilines is 1. The van der Waals surface area contributed by atoms with Crippen LogP contribution in [0.15, 0.2) is 24.3 Å². The van der Waals surface area contributed by atoms with Gasteiger partial charge in [-0.05, 0) is 32.5 Å². The van der Waals surface area contributed by atoms with Crippen molar-refractivity contribution in [2.75, 3.05) is 31.6 Å². The number of nitrogens with zero attached hydrogens (tertiary/aromatic N) is 1. The van der Waals surface area contributed by atoms with E-state index in [1.54, 1.807) is 0 Å². The SMILES string of the molecule is CCOc1ccccc1N1CCC(NC)C1. The maximum atomic E-state index is 5.66. The summed E-state index contributed by atoms with van der Waals surface area (Å²) in [6.07, 6.45) is 1.21. The van der Waals surface area contributed by atoms with E-state index >= 15 is 0 Å². The minimum absolute atomic E-state index is 0.606. The normalized spacial score (nSPS) is 20.1. The highest BCUT2D eigenvalue weighted by Gasteiger charge is 2.22. The zero-order chi connectivity index (χ0) is 11.4. The summed E-state index contributed by atoms with van der Waals surface area (Å²) in [6, 6.07) is 8.90. The Morgan fingerprint density at radius 2 is 2.25 bits per heavy atom. The lowest BCUT2D eigenvalue weighted by molar-refractivity contribution is 0.340. The summed E-state index contributed by atoms with van der Waals surface area (Å²) in [5.74, 6) is 1.00. The van der Waals surface area contributed by atoms with Crippen LogP contribution in [-0.4, -0.2) is 32.8 Å². The molecule has 2 rings (SSSR count). The largest absolute Gasteiger partial charge is 0.492 e. The van der Waals surface area contributed by atoms with Crippen LogP contribution < -0.4 is 15.0 Å². The summed E-state index contributed by atoms with van der Waals surface area (Å²) in [4.78, 5) is 2.40. The van der Waals surface area contributed by atoms with Crippen molar-refractivity contribution >= 4 is 5.69 Å². The number of ether oxygens (including phenoxy) is 1. The highest BCUT2D eigenvalue weighted by molar-refractivity contribution is 5.59. The van der Waals surface area contributed by atoms with E-state index < -0.39 is 0 Å². The summed E-state index contributed by atoms with van der Waals surface area (Å²) in [6.45, 7) is 4.92. The van der Waals surface area contributed by atoms with Crippen LogP contribution in [0.2, 0.25) is 0 Å². The molecule has 1 aliphatic rings. The van der Waals surface area contributed by atoms with Crippen molar-refractivity contribution in [1.29, 1.82) is 0 Å². The Bertz CT molecular complexity index is 340. The van der Waals surface area contributed by atoms with Gasteiger partial charge in [0.15, 0.2) is 0 Å². The first-order valence-electron chi connectivity index (χ1n) is 5.99. The van der Waals surface area contributed by atoms with Gasteiger partial charge in [-0.2, -0.15) is 0 Å². The van der Waals surface area contributed by atoms with E-state index in [4.69, 9.17) is 4.74 Å². The molecule has 0 aliphatic carbocycles. The van der Waals surface area contributed by atoms with Gasteiger partial charge in [0.05, 0.1) is 12.3 Å². The first kappa shape index (κ1) is 11.3. The number of nitrogens with one attached hydrogen (secondary N) is 1. The Morgan fingerprint density at radius 1 is 1.44 bits per heavy atom. The second-order valence-electron chi connectivity index (χ2n) is 4.12. The molecule has 1 saturated heterocycles. The number of benzene rings is 1. The maximum Gasteiger partial charge on any atom is 0.142 e. The molecular formula is C13H20N2O. The molecule has 0 saturated carbocycles. The van der Waals surface area contributed by atoms with Crippen molar-refractivity contribution in [3.63, 3.8) is 0 Å². The molecule has 0 amide bonds. The van der Waals surface area contributed by atoms with Crippen LogP contribution in [0.3, 0.4) is 0 Å². The molecule has 0 spiro atoms. The summed E-state index contributed by atoms with van der Waals surface area (Å²) in [5.41, 5.74) is 1.22. The molecule has 88 valence electrons. The molecule has 1 aromatic rings. The van der Waals surface area contributed by atoms with E-state index in [1.807, 2.05) is 26.1 Å². The first-order chi connectivity index (χ1) is 7.85. The average Bonchev–Trinajstić information content (AvgIpc) is 2.79.